The number of hydrogen-bond acceptors (Lipinski definition) is 12. The van der Waals surface area contributed by atoms with Gasteiger partial charge in [-0.05, 0) is 98.5 Å². The van der Waals surface area contributed by atoms with Crippen molar-refractivity contribution in [2.24, 2.45) is 0 Å². The van der Waals surface area contributed by atoms with Crippen LogP contribution in [-0.4, -0.2) is 127 Å². The van der Waals surface area contributed by atoms with Crippen LogP contribution in [0, 0.1) is 0 Å². The van der Waals surface area contributed by atoms with Crippen molar-refractivity contribution in [3.05, 3.63) is 102 Å². The van der Waals surface area contributed by atoms with Gasteiger partial charge in [0.1, 0.15) is 35.4 Å². The Bertz CT molecular complexity index is 2600. The molecule has 0 radical (unpaired) electrons. The Morgan fingerprint density at radius 2 is 1.57 bits per heavy atom. The van der Waals surface area contributed by atoms with Gasteiger partial charge in [-0.15, -0.1) is 11.8 Å². The minimum atomic E-state index is -0.583. The van der Waals surface area contributed by atoms with E-state index in [1.54, 1.807) is 22.7 Å². The molecule has 3 aromatic carbocycles. The maximum atomic E-state index is 13.5. The monoisotopic (exact) mass is 938 g/mol. The van der Waals surface area contributed by atoms with Crippen LogP contribution in [0.3, 0.4) is 0 Å². The van der Waals surface area contributed by atoms with Gasteiger partial charge in [0.05, 0.1) is 11.4 Å². The number of ether oxygens (including phenoxy) is 1. The molecule has 2 aromatic heterocycles. The summed E-state index contributed by atoms with van der Waals surface area (Å²) < 4.78 is 7.94. The number of rotatable bonds is 19. The van der Waals surface area contributed by atoms with Crippen molar-refractivity contribution < 1.29 is 23.9 Å². The number of benzene rings is 3. The molecule has 68 heavy (non-hydrogen) atoms. The third kappa shape index (κ3) is 11.3. The van der Waals surface area contributed by atoms with Crippen LogP contribution in [0.15, 0.2) is 96.2 Å². The second kappa shape index (κ2) is 22.3. The highest BCUT2D eigenvalue weighted by Crippen LogP contribution is 2.37. The first-order valence-corrected chi connectivity index (χ1v) is 25.4. The largest absolute Gasteiger partial charge is 0.457 e. The number of nitrogens with two attached hydrogens (primary N) is 1. The predicted octanol–water partition coefficient (Wildman–Crippen LogP) is 7.49. The molecule has 4 aliphatic heterocycles. The van der Waals surface area contributed by atoms with E-state index in [1.165, 1.54) is 44.9 Å². The summed E-state index contributed by atoms with van der Waals surface area (Å²) in [4.78, 5) is 69.3. The number of nitrogens with zero attached hydrogens (tertiary/aromatic N) is 8. The summed E-state index contributed by atoms with van der Waals surface area (Å²) in [6, 6.07) is 22.7. The molecule has 9 rings (SSSR count). The molecular formula is C52H62N10O5S. The van der Waals surface area contributed by atoms with Gasteiger partial charge in [0.2, 0.25) is 17.7 Å². The Balaban J connectivity index is 0.646. The molecule has 0 spiro atoms. The second-order valence-electron chi connectivity index (χ2n) is 18.3. The van der Waals surface area contributed by atoms with Gasteiger partial charge in [-0.2, -0.15) is 5.10 Å². The minimum Gasteiger partial charge on any atom is -0.457 e. The number of para-hydroxylation sites is 1. The number of nitrogens with one attached hydrogen (secondary N) is 1. The number of piperazine rings is 1. The molecule has 1 unspecified atom stereocenters. The molecule has 0 saturated carbocycles. The Morgan fingerprint density at radius 3 is 2.37 bits per heavy atom. The maximum absolute atomic E-state index is 13.5. The number of aromatic nitrogens is 4. The second-order valence-corrected chi connectivity index (χ2v) is 19.5. The molecule has 16 heteroatoms. The zero-order chi connectivity index (χ0) is 46.8. The maximum Gasteiger partial charge on any atom is 0.255 e. The number of likely N-dealkylation sites (tertiary alicyclic amines) is 1. The fourth-order valence-electron chi connectivity index (χ4n) is 9.91. The zero-order valence-electron chi connectivity index (χ0n) is 38.8. The van der Waals surface area contributed by atoms with Crippen molar-refractivity contribution in [3.8, 4) is 22.8 Å². The lowest BCUT2D eigenvalue weighted by Crippen LogP contribution is -2.52. The molecule has 0 aliphatic carbocycles. The summed E-state index contributed by atoms with van der Waals surface area (Å²) in [5.74, 6) is 2.14. The van der Waals surface area contributed by atoms with Crippen molar-refractivity contribution in [1.29, 1.82) is 0 Å². The van der Waals surface area contributed by atoms with E-state index in [4.69, 9.17) is 15.6 Å². The Labute approximate surface area is 402 Å². The van der Waals surface area contributed by atoms with Gasteiger partial charge in [0, 0.05) is 80.9 Å². The average molecular weight is 939 g/mol. The van der Waals surface area contributed by atoms with Crippen molar-refractivity contribution >= 4 is 52.2 Å². The lowest BCUT2D eigenvalue weighted by Gasteiger charge is -2.34. The number of nitrogen functional groups attached to an aromatic ring is 1. The number of hydrogen-bond donors (Lipinski definition) is 2. The quantitative estimate of drug-likeness (QED) is 0.0362. The van der Waals surface area contributed by atoms with Crippen molar-refractivity contribution in [2.75, 3.05) is 63.8 Å². The van der Waals surface area contributed by atoms with Crippen molar-refractivity contribution in [3.63, 3.8) is 0 Å². The summed E-state index contributed by atoms with van der Waals surface area (Å²) >= 11 is 1.80. The number of piperidine rings is 2. The SMILES string of the molecule is Nc1ncnc2c1c(-c1ccc(Oc3ccccc3)cc1)nn2[C@@H]1CCCN(C(=O)/C=C/CN2CCN(CCCCCCCCCSc3cccc4c3CN(C3CCC(=O)NC3=O)C4=O)CC2)C1. The van der Waals surface area contributed by atoms with E-state index in [0.29, 0.717) is 54.2 Å². The molecule has 3 saturated heterocycles. The number of carbonyl (C=O) groups excluding carboxylic acids is 4. The summed E-state index contributed by atoms with van der Waals surface area (Å²) in [5, 5.41) is 8.16. The van der Waals surface area contributed by atoms with Crippen molar-refractivity contribution in [2.45, 2.75) is 94.2 Å². The summed E-state index contributed by atoms with van der Waals surface area (Å²) in [7, 11) is 0. The van der Waals surface area contributed by atoms with Crippen LogP contribution in [0.25, 0.3) is 22.3 Å². The molecule has 356 valence electrons. The summed E-state index contributed by atoms with van der Waals surface area (Å²) in [5.41, 5.74) is 10.4. The van der Waals surface area contributed by atoms with Crippen LogP contribution in [0.1, 0.15) is 92.6 Å². The van der Waals surface area contributed by atoms with E-state index in [0.717, 1.165) is 91.8 Å². The molecule has 4 amide bonds. The first-order valence-electron chi connectivity index (χ1n) is 24.4. The van der Waals surface area contributed by atoms with E-state index in [1.807, 2.05) is 82.4 Å². The van der Waals surface area contributed by atoms with E-state index in [9.17, 15) is 19.2 Å². The number of fused-ring (bicyclic) bond motifs is 2. The van der Waals surface area contributed by atoms with Gasteiger partial charge in [-0.25, -0.2) is 14.6 Å². The molecule has 3 N–H and O–H groups in total. The van der Waals surface area contributed by atoms with Gasteiger partial charge < -0.3 is 25.2 Å². The van der Waals surface area contributed by atoms with Gasteiger partial charge in [0.15, 0.2) is 5.65 Å². The van der Waals surface area contributed by atoms with E-state index < -0.39 is 6.04 Å². The highest BCUT2D eigenvalue weighted by Gasteiger charge is 2.40. The van der Waals surface area contributed by atoms with Gasteiger partial charge >= 0.3 is 0 Å². The third-order valence-electron chi connectivity index (χ3n) is 13.7. The summed E-state index contributed by atoms with van der Waals surface area (Å²) in [6.45, 7) is 7.71. The number of unbranched alkanes of at least 4 members (excludes halogenated alkanes) is 6. The van der Waals surface area contributed by atoms with E-state index >= 15 is 0 Å². The molecule has 2 atom stereocenters. The van der Waals surface area contributed by atoms with E-state index in [2.05, 4.69) is 31.2 Å². The van der Waals surface area contributed by atoms with Gasteiger partial charge in [0.25, 0.3) is 5.91 Å². The number of imide groups is 1. The van der Waals surface area contributed by atoms with Gasteiger partial charge in [-0.1, -0.05) is 62.4 Å². The fourth-order valence-corrected chi connectivity index (χ4v) is 11.0. The number of thioether (sulfide) groups is 1. The number of carbonyl (C=O) groups is 4. The van der Waals surface area contributed by atoms with Crippen LogP contribution >= 0.6 is 11.8 Å². The van der Waals surface area contributed by atoms with E-state index in [-0.39, 0.29) is 36.1 Å². The Kier molecular flexibility index (Phi) is 15.4. The fraction of sp³-hybridized carbons (Fsp3) is 0.442. The third-order valence-corrected chi connectivity index (χ3v) is 14.9. The van der Waals surface area contributed by atoms with Crippen LogP contribution in [0.2, 0.25) is 0 Å². The minimum absolute atomic E-state index is 0.0301. The highest BCUT2D eigenvalue weighted by atomic mass is 32.2. The van der Waals surface area contributed by atoms with Crippen LogP contribution in [0.4, 0.5) is 5.82 Å². The van der Waals surface area contributed by atoms with Crippen LogP contribution in [-0.2, 0) is 20.9 Å². The molecular weight excluding hydrogens is 877 g/mol. The standard InChI is InChI=1S/C52H62N10O5S/c53-49-47-48(37-20-22-40(23-21-37)67-39-15-7-6-8-16-39)57-62(50(47)55-36-54-49)38-14-12-28-60(34-38)46(64)19-13-27-59-31-29-58(30-32-59)26-9-4-2-1-3-5-10-33-68-44-18-11-17-41-42(44)35-61(52(41)66)43-24-25-45(63)56-51(43)65/h6-8,11,13,15-23,36,38,43H,1-5,9-10,12,14,24-35H2,(H2,53,54,55)(H,56,63,65)/b19-13+/t38-,43?/m1/s1. The lowest BCUT2D eigenvalue weighted by molar-refractivity contribution is -0.137. The molecule has 0 bridgehead atoms. The normalized spacial score (nSPS) is 19.3. The van der Waals surface area contributed by atoms with Crippen LogP contribution in [0.5, 0.6) is 11.5 Å². The number of anilines is 1. The smallest absolute Gasteiger partial charge is 0.255 e. The van der Waals surface area contributed by atoms with Crippen LogP contribution < -0.4 is 15.8 Å². The first-order chi connectivity index (χ1) is 33.3. The highest BCUT2D eigenvalue weighted by molar-refractivity contribution is 7.99. The molecule has 15 nitrogen and oxygen atoms in total. The Morgan fingerprint density at radius 1 is 0.824 bits per heavy atom. The first kappa shape index (κ1) is 47.0. The Hall–Kier alpha value is -6.10. The molecule has 3 fully saturated rings. The summed E-state index contributed by atoms with van der Waals surface area (Å²) in [6.07, 6.45) is 16.2. The average Bonchev–Trinajstić information content (AvgIpc) is 3.92. The van der Waals surface area contributed by atoms with Gasteiger partial charge in [-0.3, -0.25) is 29.4 Å². The molecule has 4 aliphatic rings. The number of amides is 4. The molecule has 6 heterocycles. The van der Waals surface area contributed by atoms with Crippen molar-refractivity contribution in [1.82, 2.24) is 44.7 Å². The zero-order valence-corrected chi connectivity index (χ0v) is 39.6. The lowest BCUT2D eigenvalue weighted by atomic mass is 10.0. The predicted molar refractivity (Wildman–Crippen MR) is 264 cm³/mol. The molecule has 5 aromatic rings. The topological polar surface area (TPSA) is 172 Å².